The predicted octanol–water partition coefficient (Wildman–Crippen LogP) is 11.2. The second kappa shape index (κ2) is 11.3. The molecule has 4 nitrogen and oxygen atoms in total. The molecule has 0 N–H and O–H groups in total. The van der Waals surface area contributed by atoms with E-state index in [4.69, 9.17) is 4.99 Å². The lowest BCUT2D eigenvalue weighted by Crippen LogP contribution is -2.60. The van der Waals surface area contributed by atoms with Gasteiger partial charge in [-0.2, -0.15) is 0 Å². The summed E-state index contributed by atoms with van der Waals surface area (Å²) in [7, 11) is 0. The van der Waals surface area contributed by atoms with Gasteiger partial charge in [-0.25, -0.2) is 9.15 Å². The molecule has 0 amide bonds. The number of benzene rings is 4. The molecular formula is C51H64N4+2. The number of aliphatic imine (C=N–C) groups is 1. The fraction of sp³-hybridized carbons (Fsp3) is 0.510. The highest BCUT2D eigenvalue weighted by molar-refractivity contribution is 6.14. The molecule has 4 heteroatoms. The van der Waals surface area contributed by atoms with Gasteiger partial charge in [-0.1, -0.05) is 122 Å². The van der Waals surface area contributed by atoms with Crippen LogP contribution in [0.4, 0.5) is 0 Å². The van der Waals surface area contributed by atoms with E-state index >= 15 is 0 Å². The van der Waals surface area contributed by atoms with Gasteiger partial charge in [0.15, 0.2) is 12.3 Å². The Morgan fingerprint density at radius 2 is 1.40 bits per heavy atom. The lowest BCUT2D eigenvalue weighted by molar-refractivity contribution is -0.662. The average molecular weight is 733 g/mol. The SMILES string of the molecule is CC(C)C1=CN(C(C)C)C2([N+](C(C)C)=C1)C1(C)c3c(cc(C(C)(C)C)c4ccccc34)C3=[N+](C=NC4C3c3c(c(C(C)C)cc5ccccc35)C4(C)C)C12C. The summed E-state index contributed by atoms with van der Waals surface area (Å²) in [6.45, 7) is 36.4. The molecule has 4 aromatic carbocycles. The summed E-state index contributed by atoms with van der Waals surface area (Å²) < 4.78 is 5.52. The Hall–Kier alpha value is -4.05. The van der Waals surface area contributed by atoms with Crippen LogP contribution in [0.15, 0.2) is 77.4 Å². The zero-order chi connectivity index (χ0) is 39.5. The van der Waals surface area contributed by atoms with E-state index in [2.05, 4.69) is 197 Å². The second-order valence-electron chi connectivity index (χ2n) is 20.7. The second-order valence-corrected chi connectivity index (χ2v) is 20.7. The number of allylic oxidation sites excluding steroid dienone is 1. The van der Waals surface area contributed by atoms with Crippen LogP contribution in [0.3, 0.4) is 0 Å². The topological polar surface area (TPSA) is 21.6 Å². The van der Waals surface area contributed by atoms with Crippen molar-refractivity contribution in [1.82, 2.24) is 4.90 Å². The minimum Gasteiger partial charge on any atom is -0.311 e. The Bertz CT molecular complexity index is 2460. The molecule has 4 aromatic rings. The number of hydrogen-bond donors (Lipinski definition) is 0. The molecule has 9 rings (SSSR count). The predicted molar refractivity (Wildman–Crippen MR) is 233 cm³/mol. The highest BCUT2D eigenvalue weighted by Gasteiger charge is 3.00. The highest BCUT2D eigenvalue weighted by atomic mass is 15.5. The van der Waals surface area contributed by atoms with E-state index in [1.807, 2.05) is 0 Å². The maximum absolute atomic E-state index is 5.79. The van der Waals surface area contributed by atoms with E-state index < -0.39 is 0 Å². The van der Waals surface area contributed by atoms with Crippen LogP contribution in [0.5, 0.6) is 0 Å². The highest BCUT2D eigenvalue weighted by Crippen LogP contribution is 2.75. The van der Waals surface area contributed by atoms with Crippen molar-refractivity contribution >= 4 is 39.8 Å². The van der Waals surface area contributed by atoms with Crippen molar-refractivity contribution in [2.75, 3.05) is 0 Å². The number of rotatable bonds is 4. The van der Waals surface area contributed by atoms with Gasteiger partial charge in [-0.3, -0.25) is 0 Å². The van der Waals surface area contributed by atoms with Crippen LogP contribution < -0.4 is 0 Å². The van der Waals surface area contributed by atoms with Crippen molar-refractivity contribution in [3.05, 3.63) is 106 Å². The van der Waals surface area contributed by atoms with E-state index in [1.54, 1.807) is 0 Å². The molecule has 1 spiro atoms. The summed E-state index contributed by atoms with van der Waals surface area (Å²) in [6.07, 6.45) is 7.39. The molecule has 0 bridgehead atoms. The van der Waals surface area contributed by atoms with E-state index in [1.165, 1.54) is 66.2 Å². The Kier molecular flexibility index (Phi) is 7.51. The summed E-state index contributed by atoms with van der Waals surface area (Å²) in [5.41, 5.74) is 10.5. The molecule has 5 unspecified atom stereocenters. The first-order valence-electron chi connectivity index (χ1n) is 21.2. The van der Waals surface area contributed by atoms with Gasteiger partial charge in [0.1, 0.15) is 17.2 Å². The van der Waals surface area contributed by atoms with Gasteiger partial charge in [0.05, 0.1) is 5.92 Å². The molecular weight excluding hydrogens is 669 g/mol. The zero-order valence-corrected chi connectivity index (χ0v) is 36.3. The van der Waals surface area contributed by atoms with Gasteiger partial charge in [0.25, 0.3) is 12.0 Å². The lowest BCUT2D eigenvalue weighted by Gasteiger charge is -2.39. The smallest absolute Gasteiger partial charge is 0.297 e. The number of fused-ring (bicyclic) bond motifs is 15. The molecule has 55 heavy (non-hydrogen) atoms. The van der Waals surface area contributed by atoms with Crippen LogP contribution in [0.25, 0.3) is 21.5 Å². The summed E-state index contributed by atoms with van der Waals surface area (Å²) in [6, 6.07) is 24.4. The van der Waals surface area contributed by atoms with Gasteiger partial charge in [0, 0.05) is 28.8 Å². The quantitative estimate of drug-likeness (QED) is 0.192. The molecule has 5 atom stereocenters. The van der Waals surface area contributed by atoms with E-state index in [-0.39, 0.29) is 51.5 Å². The van der Waals surface area contributed by atoms with Gasteiger partial charge >= 0.3 is 0 Å². The molecule has 1 fully saturated rings. The Morgan fingerprint density at radius 1 is 0.764 bits per heavy atom. The first-order valence-corrected chi connectivity index (χ1v) is 21.2. The van der Waals surface area contributed by atoms with E-state index in [9.17, 15) is 0 Å². The standard InChI is InChI=1S/C51H64N4/c1-29(2)34-26-53(31(5)6)51(54(27-34)32(7)8)49(14)43-37-23-19-18-22-36(37)40(47(9,10)11)25-39(43)45-42-41-35-21-17-16-20-33(35)24-38(30(3)4)44(41)48(12,13)46(42)52-28-55(45)50(49,51)15/h16-32,42,46H,1-15H3/q+2. The molecule has 0 aromatic heterocycles. The third-order valence-electron chi connectivity index (χ3n) is 15.1. The van der Waals surface area contributed by atoms with Gasteiger partial charge in [0.2, 0.25) is 5.54 Å². The van der Waals surface area contributed by atoms with Gasteiger partial charge in [-0.15, -0.1) is 0 Å². The van der Waals surface area contributed by atoms with Gasteiger partial charge < -0.3 is 4.90 Å². The Morgan fingerprint density at radius 3 is 2.00 bits per heavy atom. The molecule has 3 heterocycles. The molecule has 5 aliphatic rings. The van der Waals surface area contributed by atoms with Crippen LogP contribution in [0.1, 0.15) is 149 Å². The zero-order valence-electron chi connectivity index (χ0n) is 36.3. The number of nitrogens with zero attached hydrogens (tertiary/aromatic N) is 4. The molecule has 3 aliphatic heterocycles. The maximum atomic E-state index is 5.79. The van der Waals surface area contributed by atoms with E-state index in [0.29, 0.717) is 11.8 Å². The first-order chi connectivity index (χ1) is 25.8. The fourth-order valence-electron chi connectivity index (χ4n) is 12.6. The Labute approximate surface area is 330 Å². The van der Waals surface area contributed by atoms with Crippen molar-refractivity contribution < 1.29 is 9.15 Å². The van der Waals surface area contributed by atoms with Gasteiger partial charge in [-0.05, 0) is 114 Å². The first kappa shape index (κ1) is 36.6. The third-order valence-corrected chi connectivity index (χ3v) is 15.1. The number of hydrogen-bond acceptors (Lipinski definition) is 2. The van der Waals surface area contributed by atoms with Crippen molar-refractivity contribution in [2.45, 2.75) is 161 Å². The van der Waals surface area contributed by atoms with Crippen molar-refractivity contribution in [3.63, 3.8) is 0 Å². The van der Waals surface area contributed by atoms with Crippen LogP contribution in [-0.4, -0.2) is 61.6 Å². The van der Waals surface area contributed by atoms with Crippen LogP contribution >= 0.6 is 0 Å². The van der Waals surface area contributed by atoms with Crippen LogP contribution in [-0.2, 0) is 16.2 Å². The monoisotopic (exact) mass is 733 g/mol. The minimum atomic E-state index is -0.374. The summed E-state index contributed by atoms with van der Waals surface area (Å²) in [4.78, 5) is 8.57. The Balaban J connectivity index is 1.49. The normalized spacial score (nSPS) is 29.0. The average Bonchev–Trinajstić information content (AvgIpc) is 3.44. The van der Waals surface area contributed by atoms with Crippen LogP contribution in [0, 0.1) is 5.92 Å². The maximum Gasteiger partial charge on any atom is 0.297 e. The molecule has 0 saturated heterocycles. The molecule has 2 aliphatic carbocycles. The van der Waals surface area contributed by atoms with Crippen molar-refractivity contribution in [3.8, 4) is 0 Å². The largest absolute Gasteiger partial charge is 0.311 e. The molecule has 286 valence electrons. The molecule has 0 radical (unpaired) electrons. The summed E-state index contributed by atoms with van der Waals surface area (Å²) in [5, 5.41) is 5.53. The fourth-order valence-corrected chi connectivity index (χ4v) is 12.6. The van der Waals surface area contributed by atoms with Crippen LogP contribution in [0.2, 0.25) is 0 Å². The minimum absolute atomic E-state index is 0.0447. The third kappa shape index (κ3) is 4.17. The molecule has 1 saturated carbocycles. The lowest BCUT2D eigenvalue weighted by atomic mass is 9.71. The van der Waals surface area contributed by atoms with Crippen molar-refractivity contribution in [1.29, 1.82) is 0 Å². The van der Waals surface area contributed by atoms with E-state index in [0.717, 1.165) is 0 Å². The van der Waals surface area contributed by atoms with Crippen molar-refractivity contribution in [2.24, 2.45) is 10.9 Å². The summed E-state index contributed by atoms with van der Waals surface area (Å²) >= 11 is 0. The summed E-state index contributed by atoms with van der Waals surface area (Å²) in [5.74, 6) is 0.938.